The van der Waals surface area contributed by atoms with Crippen molar-refractivity contribution in [3.05, 3.63) is 53.3 Å². The number of thiazole rings is 1. The van der Waals surface area contributed by atoms with Gasteiger partial charge in [0.2, 0.25) is 4.96 Å². The van der Waals surface area contributed by atoms with Crippen molar-refractivity contribution in [3.8, 4) is 11.4 Å². The summed E-state index contributed by atoms with van der Waals surface area (Å²) in [5.74, 6) is -0.327. The quantitative estimate of drug-likeness (QED) is 0.483. The van der Waals surface area contributed by atoms with Crippen molar-refractivity contribution in [1.82, 2.24) is 19.9 Å². The van der Waals surface area contributed by atoms with Gasteiger partial charge in [0.05, 0.1) is 28.0 Å². The maximum absolute atomic E-state index is 14.7. The fourth-order valence-corrected chi connectivity index (χ4v) is 4.24. The molecular weight excluding hydrogens is 391 g/mol. The molecule has 1 aliphatic carbocycles. The maximum Gasteiger partial charge on any atom is 0.338 e. The molecule has 0 saturated heterocycles. The predicted molar refractivity (Wildman–Crippen MR) is 110 cm³/mol. The number of nitrogens with one attached hydrogen (secondary N) is 1. The minimum atomic E-state index is -0.354. The third-order valence-corrected chi connectivity index (χ3v) is 5.92. The summed E-state index contributed by atoms with van der Waals surface area (Å²) >= 11 is 1.40. The number of fused-ring (bicyclic) bond motifs is 3. The van der Waals surface area contributed by atoms with E-state index in [1.54, 1.807) is 35.7 Å². The first-order valence-corrected chi connectivity index (χ1v) is 10.4. The number of rotatable bonds is 6. The largest absolute Gasteiger partial charge is 0.462 e. The Morgan fingerprint density at radius 3 is 2.93 bits per heavy atom. The lowest BCUT2D eigenvalue weighted by atomic mass is 10.1. The van der Waals surface area contributed by atoms with Crippen LogP contribution in [0.5, 0.6) is 0 Å². The number of hydrogen-bond donors (Lipinski definition) is 1. The maximum atomic E-state index is 14.7. The van der Waals surface area contributed by atoms with E-state index >= 15 is 0 Å². The van der Waals surface area contributed by atoms with Gasteiger partial charge in [0.15, 0.2) is 5.82 Å². The minimum Gasteiger partial charge on any atom is -0.462 e. The SMILES string of the molecule is CCOC(=O)c1ccc2c(c1)sc1nc(-c3ccc(CNC4CC4)cc3F)nn12. The summed E-state index contributed by atoms with van der Waals surface area (Å²) in [5.41, 5.74) is 2.61. The lowest BCUT2D eigenvalue weighted by molar-refractivity contribution is 0.0526. The van der Waals surface area contributed by atoms with E-state index in [0.717, 1.165) is 15.8 Å². The van der Waals surface area contributed by atoms with Gasteiger partial charge in [0, 0.05) is 12.6 Å². The zero-order valence-electron chi connectivity index (χ0n) is 15.8. The van der Waals surface area contributed by atoms with Gasteiger partial charge in [-0.05, 0) is 55.7 Å². The average Bonchev–Trinajstić information content (AvgIpc) is 3.36. The van der Waals surface area contributed by atoms with Gasteiger partial charge in [0.25, 0.3) is 0 Å². The van der Waals surface area contributed by atoms with Gasteiger partial charge >= 0.3 is 5.97 Å². The van der Waals surface area contributed by atoms with Gasteiger partial charge in [-0.1, -0.05) is 17.4 Å². The highest BCUT2D eigenvalue weighted by molar-refractivity contribution is 7.23. The Kier molecular flexibility index (Phi) is 4.52. The Bertz CT molecular complexity index is 1230. The molecule has 1 aliphatic rings. The average molecular weight is 410 g/mol. The van der Waals surface area contributed by atoms with Crippen molar-refractivity contribution >= 4 is 32.5 Å². The summed E-state index contributed by atoms with van der Waals surface area (Å²) < 4.78 is 22.3. The number of carbonyl (C=O) groups excluding carboxylic acids is 1. The van der Waals surface area contributed by atoms with E-state index in [1.165, 1.54) is 24.2 Å². The highest BCUT2D eigenvalue weighted by Crippen LogP contribution is 2.29. The second kappa shape index (κ2) is 7.20. The van der Waals surface area contributed by atoms with Gasteiger partial charge < -0.3 is 10.1 Å². The lowest BCUT2D eigenvalue weighted by Crippen LogP contribution is -2.15. The van der Waals surface area contributed by atoms with Crippen LogP contribution in [0.3, 0.4) is 0 Å². The first kappa shape index (κ1) is 18.2. The Labute approximate surface area is 170 Å². The van der Waals surface area contributed by atoms with Crippen LogP contribution in [0.1, 0.15) is 35.7 Å². The van der Waals surface area contributed by atoms with Crippen LogP contribution in [0.25, 0.3) is 26.6 Å². The number of aromatic nitrogens is 3. The number of carbonyl (C=O) groups is 1. The highest BCUT2D eigenvalue weighted by Gasteiger charge is 2.21. The standard InChI is InChI=1S/C21H19FN4O2S/c1-2-28-20(27)13-4-8-17-18(10-13)29-21-24-19(25-26(17)21)15-7-3-12(9-16(15)22)11-23-14-5-6-14/h3-4,7-10,14,23H,2,5-6,11H2,1H3. The summed E-state index contributed by atoms with van der Waals surface area (Å²) in [5, 5.41) is 7.88. The number of benzene rings is 2. The van der Waals surface area contributed by atoms with E-state index in [0.29, 0.717) is 41.1 Å². The summed E-state index contributed by atoms with van der Waals surface area (Å²) in [6.45, 7) is 2.77. The Morgan fingerprint density at radius 1 is 1.31 bits per heavy atom. The Morgan fingerprint density at radius 2 is 2.17 bits per heavy atom. The van der Waals surface area contributed by atoms with Crippen molar-refractivity contribution in [3.63, 3.8) is 0 Å². The molecular formula is C21H19FN4O2S. The molecule has 6 nitrogen and oxygen atoms in total. The fourth-order valence-electron chi connectivity index (χ4n) is 3.25. The molecule has 148 valence electrons. The first-order valence-electron chi connectivity index (χ1n) is 9.61. The predicted octanol–water partition coefficient (Wildman–Crippen LogP) is 4.18. The molecule has 2 aromatic heterocycles. The third-order valence-electron chi connectivity index (χ3n) is 4.92. The fraction of sp³-hybridized carbons (Fsp3) is 0.286. The van der Waals surface area contributed by atoms with Crippen LogP contribution in [0.15, 0.2) is 36.4 Å². The normalized spacial score (nSPS) is 14.0. The van der Waals surface area contributed by atoms with Crippen molar-refractivity contribution in [1.29, 1.82) is 0 Å². The molecule has 8 heteroatoms. The molecule has 0 bridgehead atoms. The summed E-state index contributed by atoms with van der Waals surface area (Å²) in [4.78, 5) is 17.1. The van der Waals surface area contributed by atoms with Crippen molar-refractivity contribution in [2.24, 2.45) is 0 Å². The van der Waals surface area contributed by atoms with E-state index in [4.69, 9.17) is 4.74 Å². The van der Waals surface area contributed by atoms with Crippen LogP contribution >= 0.6 is 11.3 Å². The van der Waals surface area contributed by atoms with Crippen LogP contribution < -0.4 is 5.32 Å². The summed E-state index contributed by atoms with van der Waals surface area (Å²) in [6.07, 6.45) is 2.40. The second-order valence-electron chi connectivity index (χ2n) is 7.10. The van der Waals surface area contributed by atoms with Crippen LogP contribution in [0, 0.1) is 5.82 Å². The van der Waals surface area contributed by atoms with Gasteiger partial charge in [-0.2, -0.15) is 4.98 Å². The molecule has 2 heterocycles. The summed E-state index contributed by atoms with van der Waals surface area (Å²) in [7, 11) is 0. The van der Waals surface area contributed by atoms with Crippen LogP contribution in [0.4, 0.5) is 4.39 Å². The summed E-state index contributed by atoms with van der Waals surface area (Å²) in [6, 6.07) is 11.1. The van der Waals surface area contributed by atoms with Crippen LogP contribution in [0.2, 0.25) is 0 Å². The van der Waals surface area contributed by atoms with E-state index in [2.05, 4.69) is 15.4 Å². The molecule has 0 atom stereocenters. The van der Waals surface area contributed by atoms with Crippen molar-refractivity contribution in [2.75, 3.05) is 6.61 Å². The zero-order valence-corrected chi connectivity index (χ0v) is 16.6. The van der Waals surface area contributed by atoms with Crippen molar-refractivity contribution in [2.45, 2.75) is 32.4 Å². The van der Waals surface area contributed by atoms with E-state index < -0.39 is 0 Å². The second-order valence-corrected chi connectivity index (χ2v) is 8.11. The molecule has 0 spiro atoms. The minimum absolute atomic E-state index is 0.327. The molecule has 1 N–H and O–H groups in total. The number of halogens is 1. The molecule has 1 fully saturated rings. The van der Waals surface area contributed by atoms with Crippen molar-refractivity contribution < 1.29 is 13.9 Å². The highest BCUT2D eigenvalue weighted by atomic mass is 32.1. The first-order chi connectivity index (χ1) is 14.1. The third kappa shape index (κ3) is 3.49. The smallest absolute Gasteiger partial charge is 0.338 e. The molecule has 0 amide bonds. The van der Waals surface area contributed by atoms with E-state index in [-0.39, 0.29) is 11.8 Å². The van der Waals surface area contributed by atoms with Gasteiger partial charge in [-0.15, -0.1) is 5.10 Å². The molecule has 29 heavy (non-hydrogen) atoms. The molecule has 0 unspecified atom stereocenters. The van der Waals surface area contributed by atoms with E-state index in [9.17, 15) is 9.18 Å². The zero-order chi connectivity index (χ0) is 20.0. The number of nitrogens with zero attached hydrogens (tertiary/aromatic N) is 3. The van der Waals surface area contributed by atoms with E-state index in [1.807, 2.05) is 12.1 Å². The number of hydrogen-bond acceptors (Lipinski definition) is 6. The van der Waals surface area contributed by atoms with Crippen LogP contribution in [-0.4, -0.2) is 33.2 Å². The molecule has 1 saturated carbocycles. The Hall–Kier alpha value is -2.84. The van der Waals surface area contributed by atoms with Gasteiger partial charge in [-0.25, -0.2) is 13.7 Å². The molecule has 0 aliphatic heterocycles. The Balaban J connectivity index is 1.45. The molecule has 0 radical (unpaired) electrons. The monoisotopic (exact) mass is 410 g/mol. The van der Waals surface area contributed by atoms with Gasteiger partial charge in [-0.3, -0.25) is 0 Å². The number of esters is 1. The molecule has 2 aromatic carbocycles. The number of ether oxygens (including phenoxy) is 1. The van der Waals surface area contributed by atoms with Gasteiger partial charge in [0.1, 0.15) is 5.82 Å². The van der Waals surface area contributed by atoms with Crippen LogP contribution in [-0.2, 0) is 11.3 Å². The lowest BCUT2D eigenvalue weighted by Gasteiger charge is -2.05. The molecule has 4 aromatic rings. The molecule has 5 rings (SSSR count). The topological polar surface area (TPSA) is 68.5 Å².